The van der Waals surface area contributed by atoms with Gasteiger partial charge in [-0.3, -0.25) is 9.59 Å². The molecule has 7 rings (SSSR count). The van der Waals surface area contributed by atoms with Crippen LogP contribution in [-0.2, 0) is 27.0 Å². The third-order valence-electron chi connectivity index (χ3n) is 11.9. The SMILES string of the molecule is Cc1[nH]c2ccccc2c1C1C(CC(=O)N(Cc2ccc(C(F)(F)F)cc2)C2(C(=O)Nc3ccc(N4CCOCC4)cc3)CCN(C)CC2)C1(C)C. The van der Waals surface area contributed by atoms with Crippen LogP contribution in [0.3, 0.4) is 0 Å². The molecule has 1 saturated carbocycles. The number of aryl methyl sites for hydroxylation is 1. The first-order valence-electron chi connectivity index (χ1n) is 18.2. The van der Waals surface area contributed by atoms with E-state index < -0.39 is 17.3 Å². The van der Waals surface area contributed by atoms with E-state index in [1.165, 1.54) is 17.7 Å². The van der Waals surface area contributed by atoms with E-state index in [-0.39, 0.29) is 42.0 Å². The fraction of sp³-hybridized carbons (Fsp3) is 0.463. The van der Waals surface area contributed by atoms with Gasteiger partial charge in [-0.25, -0.2) is 0 Å². The van der Waals surface area contributed by atoms with E-state index in [1.807, 2.05) is 43.4 Å². The number of amides is 2. The van der Waals surface area contributed by atoms with Crippen LogP contribution in [0.2, 0.25) is 0 Å². The number of alkyl halides is 3. The van der Waals surface area contributed by atoms with Gasteiger partial charge in [0.25, 0.3) is 0 Å². The monoisotopic (exact) mass is 715 g/mol. The molecule has 2 atom stereocenters. The summed E-state index contributed by atoms with van der Waals surface area (Å²) in [5.74, 6) is -0.292. The Labute approximate surface area is 303 Å². The van der Waals surface area contributed by atoms with Gasteiger partial charge in [-0.2, -0.15) is 13.2 Å². The predicted molar refractivity (Wildman–Crippen MR) is 197 cm³/mol. The molecule has 2 aliphatic heterocycles. The first kappa shape index (κ1) is 36.0. The smallest absolute Gasteiger partial charge is 0.378 e. The van der Waals surface area contributed by atoms with Crippen molar-refractivity contribution in [2.45, 2.75) is 64.2 Å². The highest BCUT2D eigenvalue weighted by Crippen LogP contribution is 2.67. The number of nitrogens with one attached hydrogen (secondary N) is 2. The standard InChI is InChI=1S/C41H48F3N5O3/c1-27-36(32-7-5-6-8-34(32)45-27)37-33(39(37,2)3)25-35(50)49(26-28-9-11-29(12-10-28)41(42,43)44)40(17-19-47(4)20-18-40)38(51)46-30-13-15-31(16-14-30)48-21-23-52-24-22-48/h5-16,33,37,45H,17-26H2,1-4H3,(H,46,51). The second kappa shape index (κ2) is 13.9. The largest absolute Gasteiger partial charge is 0.416 e. The van der Waals surface area contributed by atoms with E-state index in [0.717, 1.165) is 47.5 Å². The number of morpholine rings is 1. The van der Waals surface area contributed by atoms with Gasteiger partial charge in [0.2, 0.25) is 11.8 Å². The Balaban J connectivity index is 1.20. The van der Waals surface area contributed by atoms with Crippen LogP contribution < -0.4 is 10.2 Å². The summed E-state index contributed by atoms with van der Waals surface area (Å²) in [7, 11) is 2.00. The van der Waals surface area contributed by atoms with Crippen molar-refractivity contribution in [3.63, 3.8) is 0 Å². The minimum Gasteiger partial charge on any atom is -0.378 e. The number of anilines is 2. The molecule has 2 amide bonds. The van der Waals surface area contributed by atoms with Crippen LogP contribution >= 0.6 is 0 Å². The van der Waals surface area contributed by atoms with E-state index in [1.54, 1.807) is 4.90 Å². The van der Waals surface area contributed by atoms with Crippen molar-refractivity contribution >= 4 is 34.1 Å². The lowest BCUT2D eigenvalue weighted by Gasteiger charge is -2.47. The van der Waals surface area contributed by atoms with Crippen molar-refractivity contribution in [3.8, 4) is 0 Å². The fourth-order valence-electron chi connectivity index (χ4n) is 8.59. The number of halogens is 3. The fourth-order valence-corrected chi connectivity index (χ4v) is 8.59. The molecule has 4 aromatic rings. The Morgan fingerprint density at radius 3 is 2.25 bits per heavy atom. The van der Waals surface area contributed by atoms with E-state index in [2.05, 4.69) is 53.0 Å². The number of ether oxygens (including phenoxy) is 1. The Morgan fingerprint density at radius 2 is 1.60 bits per heavy atom. The molecule has 0 spiro atoms. The molecule has 11 heteroatoms. The lowest BCUT2D eigenvalue weighted by atomic mass is 9.83. The van der Waals surface area contributed by atoms with Gasteiger partial charge in [0.1, 0.15) is 5.54 Å². The molecule has 52 heavy (non-hydrogen) atoms. The Bertz CT molecular complexity index is 1910. The predicted octanol–water partition coefficient (Wildman–Crippen LogP) is 7.59. The number of para-hydroxylation sites is 1. The number of carbonyl (C=O) groups is 2. The highest BCUT2D eigenvalue weighted by molar-refractivity contribution is 6.01. The van der Waals surface area contributed by atoms with E-state index in [9.17, 15) is 22.8 Å². The number of fused-ring (bicyclic) bond motifs is 1. The van der Waals surface area contributed by atoms with Gasteiger partial charge < -0.3 is 29.7 Å². The minimum atomic E-state index is -4.48. The normalized spacial score (nSPS) is 21.6. The van der Waals surface area contributed by atoms with Gasteiger partial charge in [0.15, 0.2) is 0 Å². The molecule has 3 aliphatic rings. The maximum Gasteiger partial charge on any atom is 0.416 e. The summed E-state index contributed by atoms with van der Waals surface area (Å²) in [6, 6.07) is 20.9. The molecule has 2 unspecified atom stereocenters. The van der Waals surface area contributed by atoms with Crippen molar-refractivity contribution in [1.29, 1.82) is 0 Å². The molecule has 0 bridgehead atoms. The summed E-state index contributed by atoms with van der Waals surface area (Å²) in [5.41, 5.74) is 3.45. The average Bonchev–Trinajstić information content (AvgIpc) is 3.47. The van der Waals surface area contributed by atoms with Gasteiger partial charge in [-0.15, -0.1) is 0 Å². The third kappa shape index (κ3) is 6.92. The van der Waals surface area contributed by atoms with Crippen LogP contribution in [0.5, 0.6) is 0 Å². The maximum absolute atomic E-state index is 14.9. The van der Waals surface area contributed by atoms with Gasteiger partial charge in [0, 0.05) is 67.1 Å². The van der Waals surface area contributed by atoms with Gasteiger partial charge >= 0.3 is 6.18 Å². The number of aromatic amines is 1. The molecule has 8 nitrogen and oxygen atoms in total. The molecule has 1 aromatic heterocycles. The molecule has 0 radical (unpaired) electrons. The van der Waals surface area contributed by atoms with Crippen LogP contribution in [0.25, 0.3) is 10.9 Å². The second-order valence-electron chi connectivity index (χ2n) is 15.4. The lowest BCUT2D eigenvalue weighted by molar-refractivity contribution is -0.150. The van der Waals surface area contributed by atoms with Gasteiger partial charge in [-0.1, -0.05) is 44.2 Å². The average molecular weight is 716 g/mol. The molecule has 3 fully saturated rings. The van der Waals surface area contributed by atoms with Crippen molar-refractivity contribution in [3.05, 3.63) is 95.2 Å². The zero-order valence-electron chi connectivity index (χ0n) is 30.4. The molecule has 2 saturated heterocycles. The number of H-pyrrole nitrogens is 1. The molecule has 1 aliphatic carbocycles. The number of rotatable bonds is 9. The van der Waals surface area contributed by atoms with E-state index in [0.29, 0.717) is 50.4 Å². The Morgan fingerprint density at radius 1 is 0.942 bits per heavy atom. The zero-order chi connectivity index (χ0) is 36.8. The van der Waals surface area contributed by atoms with Crippen LogP contribution in [0, 0.1) is 18.3 Å². The van der Waals surface area contributed by atoms with Crippen LogP contribution in [0.1, 0.15) is 61.4 Å². The molecular weight excluding hydrogens is 667 g/mol. The molecular formula is C41H48F3N5O3. The number of likely N-dealkylation sites (tertiary alicyclic amines) is 1. The van der Waals surface area contributed by atoms with E-state index in [4.69, 9.17) is 4.74 Å². The number of nitrogens with zero attached hydrogens (tertiary/aromatic N) is 3. The molecule has 3 aromatic carbocycles. The summed E-state index contributed by atoms with van der Waals surface area (Å²) in [4.78, 5) is 39.1. The lowest BCUT2D eigenvalue weighted by Crippen LogP contribution is -2.62. The van der Waals surface area contributed by atoms with Crippen molar-refractivity contribution < 1.29 is 27.5 Å². The first-order chi connectivity index (χ1) is 24.8. The van der Waals surface area contributed by atoms with Crippen LogP contribution in [0.15, 0.2) is 72.8 Å². The van der Waals surface area contributed by atoms with Crippen LogP contribution in [-0.4, -0.2) is 78.6 Å². The minimum absolute atomic E-state index is 0.0205. The summed E-state index contributed by atoms with van der Waals surface area (Å²) in [6.45, 7) is 10.6. The zero-order valence-corrected chi connectivity index (χ0v) is 30.4. The Hall–Kier alpha value is -4.35. The van der Waals surface area contributed by atoms with E-state index >= 15 is 0 Å². The molecule has 3 heterocycles. The molecule has 2 N–H and O–H groups in total. The quantitative estimate of drug-likeness (QED) is 0.187. The highest BCUT2D eigenvalue weighted by atomic mass is 19.4. The maximum atomic E-state index is 14.9. The summed E-state index contributed by atoms with van der Waals surface area (Å²) in [5, 5.41) is 4.30. The third-order valence-corrected chi connectivity index (χ3v) is 11.9. The number of hydrogen-bond donors (Lipinski definition) is 2. The summed E-state index contributed by atoms with van der Waals surface area (Å²) < 4.78 is 46.0. The van der Waals surface area contributed by atoms with Gasteiger partial charge in [0.05, 0.1) is 18.8 Å². The topological polar surface area (TPSA) is 80.9 Å². The summed E-state index contributed by atoms with van der Waals surface area (Å²) in [6.07, 6.45) is -3.47. The van der Waals surface area contributed by atoms with Crippen molar-refractivity contribution in [1.82, 2.24) is 14.8 Å². The number of carbonyl (C=O) groups excluding carboxylic acids is 2. The Kier molecular flexibility index (Phi) is 9.63. The summed E-state index contributed by atoms with van der Waals surface area (Å²) >= 11 is 0. The molecule has 276 valence electrons. The number of piperidine rings is 1. The second-order valence-corrected chi connectivity index (χ2v) is 15.4. The number of aromatic nitrogens is 1. The van der Waals surface area contributed by atoms with Gasteiger partial charge in [-0.05, 0) is 97.7 Å². The highest BCUT2D eigenvalue weighted by Gasteiger charge is 2.60. The first-order valence-corrected chi connectivity index (χ1v) is 18.2. The number of benzene rings is 3. The number of hydrogen-bond acceptors (Lipinski definition) is 5. The van der Waals surface area contributed by atoms with Crippen molar-refractivity contribution in [2.75, 3.05) is 56.7 Å². The van der Waals surface area contributed by atoms with Crippen LogP contribution in [0.4, 0.5) is 24.5 Å². The van der Waals surface area contributed by atoms with Crippen molar-refractivity contribution in [2.24, 2.45) is 11.3 Å².